The van der Waals surface area contributed by atoms with E-state index in [1.54, 1.807) is 12.1 Å². The third kappa shape index (κ3) is 3.19. The van der Waals surface area contributed by atoms with Gasteiger partial charge in [0.05, 0.1) is 0 Å². The number of carboxylic acid groups (broad SMARTS) is 1. The van der Waals surface area contributed by atoms with Crippen LogP contribution < -0.4 is 3.71 Å². The summed E-state index contributed by atoms with van der Waals surface area (Å²) >= 11 is -2.26. The molecule has 0 aliphatic rings. The van der Waals surface area contributed by atoms with Crippen LogP contribution in [-0.4, -0.2) is 34.4 Å². The Balaban J connectivity index is 3.30. The van der Waals surface area contributed by atoms with Crippen molar-refractivity contribution in [1.82, 2.24) is 4.98 Å². The van der Waals surface area contributed by atoms with Crippen molar-refractivity contribution in [2.45, 2.75) is 28.2 Å². The Morgan fingerprint density at radius 1 is 1.40 bits per heavy atom. The second kappa shape index (κ2) is 4.51. The molecule has 0 saturated carbocycles. The van der Waals surface area contributed by atoms with Gasteiger partial charge in [0.25, 0.3) is 0 Å². The molecule has 1 rings (SSSR count). The summed E-state index contributed by atoms with van der Waals surface area (Å²) in [6.45, 7) is 2.00. The summed E-state index contributed by atoms with van der Waals surface area (Å²) in [7, 11) is 0. The molecule has 0 fully saturated rings. The molecule has 0 unspecified atom stereocenters. The van der Waals surface area contributed by atoms with Crippen molar-refractivity contribution >= 4 is 28.1 Å². The summed E-state index contributed by atoms with van der Waals surface area (Å²) in [5, 5.41) is 8.99. The number of nitrogens with zero attached hydrogens (tertiary/aromatic N) is 1. The molecule has 0 aliphatic heterocycles. The molecule has 1 N–H and O–H groups in total. The minimum absolute atomic E-state index is 0.378. The zero-order valence-corrected chi connectivity index (χ0v) is 12.5. The van der Waals surface area contributed by atoms with Gasteiger partial charge < -0.3 is 0 Å². The van der Waals surface area contributed by atoms with E-state index >= 15 is 0 Å². The molecule has 0 radical (unpaired) electrons. The molecule has 3 nitrogen and oxygen atoms in total. The van der Waals surface area contributed by atoms with Crippen LogP contribution in [0.25, 0.3) is 0 Å². The average Bonchev–Trinajstić information content (AvgIpc) is 2.15. The van der Waals surface area contributed by atoms with Crippen LogP contribution in [0.3, 0.4) is 0 Å². The van der Waals surface area contributed by atoms with Crippen molar-refractivity contribution in [3.05, 3.63) is 23.4 Å². The topological polar surface area (TPSA) is 50.2 Å². The first-order chi connectivity index (χ1) is 6.84. The predicted molar refractivity (Wildman–Crippen MR) is 63.6 cm³/mol. The Hall–Kier alpha value is -0.581. The standard InChI is InChI=1S/C8H8NO2.3CH3.Sn/c1-2-7-5-6(8(10)11)3-4-9-7;;;;/h3,5H,2H2,1H3,(H,10,11);3*1H3;. The number of hydrogen-bond donors (Lipinski definition) is 1. The van der Waals surface area contributed by atoms with Crippen LogP contribution in [0.15, 0.2) is 12.1 Å². The molecule has 4 heteroatoms. The number of pyridine rings is 1. The van der Waals surface area contributed by atoms with E-state index in [1.807, 2.05) is 6.92 Å². The molecule has 0 spiro atoms. The van der Waals surface area contributed by atoms with Gasteiger partial charge in [-0.05, 0) is 0 Å². The van der Waals surface area contributed by atoms with Gasteiger partial charge in [-0.25, -0.2) is 0 Å². The van der Waals surface area contributed by atoms with Crippen molar-refractivity contribution in [2.24, 2.45) is 0 Å². The monoisotopic (exact) mass is 315 g/mol. The zero-order valence-electron chi connectivity index (χ0n) is 9.66. The quantitative estimate of drug-likeness (QED) is 0.867. The van der Waals surface area contributed by atoms with Crippen molar-refractivity contribution < 1.29 is 9.90 Å². The second-order valence-corrected chi connectivity index (χ2v) is 18.9. The van der Waals surface area contributed by atoms with Gasteiger partial charge in [0, 0.05) is 0 Å². The summed E-state index contributed by atoms with van der Waals surface area (Å²) in [4.78, 5) is 22.2. The molecule has 0 aromatic carbocycles. The first-order valence-corrected chi connectivity index (χ1v) is 15.1. The van der Waals surface area contributed by atoms with Crippen molar-refractivity contribution in [3.63, 3.8) is 0 Å². The Morgan fingerprint density at radius 2 is 2.00 bits per heavy atom. The second-order valence-electron chi connectivity index (χ2n) is 4.64. The molecule has 0 aliphatic carbocycles. The molecule has 1 heterocycles. The molecule has 0 saturated heterocycles. The summed E-state index contributed by atoms with van der Waals surface area (Å²) < 4.78 is 1.04. The number of carbonyl (C=O) groups is 1. The number of aromatic nitrogens is 1. The van der Waals surface area contributed by atoms with Gasteiger partial charge >= 0.3 is 94.5 Å². The fourth-order valence-corrected chi connectivity index (χ4v) is 4.32. The molecule has 0 bridgehead atoms. The van der Waals surface area contributed by atoms with Crippen LogP contribution in [0, 0.1) is 0 Å². The SMILES string of the molecule is CCc1cc(C(=O)O)c[c]([Sn]([CH3])([CH3])[CH3])n1. The zero-order chi connectivity index (χ0) is 11.6. The van der Waals surface area contributed by atoms with Gasteiger partial charge in [-0.2, -0.15) is 0 Å². The van der Waals surface area contributed by atoms with Gasteiger partial charge in [-0.3, -0.25) is 0 Å². The van der Waals surface area contributed by atoms with E-state index in [-0.39, 0.29) is 0 Å². The molecular weight excluding hydrogens is 297 g/mol. The normalized spacial score (nSPS) is 11.5. The maximum absolute atomic E-state index is 10.9. The van der Waals surface area contributed by atoms with Crippen LogP contribution in [0.4, 0.5) is 0 Å². The number of carboxylic acids is 1. The fraction of sp³-hybridized carbons (Fsp3) is 0.455. The van der Waals surface area contributed by atoms with Crippen molar-refractivity contribution in [2.75, 3.05) is 0 Å². The van der Waals surface area contributed by atoms with Gasteiger partial charge in [0.1, 0.15) is 0 Å². The summed E-state index contributed by atoms with van der Waals surface area (Å²) in [5.74, 6) is -0.858. The van der Waals surface area contributed by atoms with E-state index in [9.17, 15) is 4.79 Å². The number of aryl methyl sites for hydroxylation is 1. The predicted octanol–water partition coefficient (Wildman–Crippen LogP) is 1.89. The van der Waals surface area contributed by atoms with E-state index in [1.165, 1.54) is 0 Å². The van der Waals surface area contributed by atoms with E-state index in [0.29, 0.717) is 5.56 Å². The number of rotatable bonds is 3. The maximum atomic E-state index is 10.9. The van der Waals surface area contributed by atoms with Crippen LogP contribution in [-0.2, 0) is 6.42 Å². The minimum atomic E-state index is -2.26. The Kier molecular flexibility index (Phi) is 3.76. The van der Waals surface area contributed by atoms with Crippen molar-refractivity contribution in [1.29, 1.82) is 0 Å². The Morgan fingerprint density at radius 3 is 2.40 bits per heavy atom. The molecule has 82 valence electrons. The average molecular weight is 314 g/mol. The fourth-order valence-electron chi connectivity index (χ4n) is 1.28. The molecular formula is C11H17NO2Sn. The molecule has 15 heavy (non-hydrogen) atoms. The third-order valence-electron chi connectivity index (χ3n) is 2.26. The van der Waals surface area contributed by atoms with Gasteiger partial charge in [0.15, 0.2) is 0 Å². The van der Waals surface area contributed by atoms with E-state index in [0.717, 1.165) is 15.8 Å². The first kappa shape index (κ1) is 12.5. The van der Waals surface area contributed by atoms with Gasteiger partial charge in [-0.1, -0.05) is 0 Å². The van der Waals surface area contributed by atoms with Crippen LogP contribution in [0.5, 0.6) is 0 Å². The molecule has 1 aromatic heterocycles. The van der Waals surface area contributed by atoms with Crippen LogP contribution in [0.1, 0.15) is 23.0 Å². The van der Waals surface area contributed by atoms with Gasteiger partial charge in [0.2, 0.25) is 0 Å². The van der Waals surface area contributed by atoms with E-state index in [4.69, 9.17) is 5.11 Å². The summed E-state index contributed by atoms with van der Waals surface area (Å²) in [6.07, 6.45) is 0.788. The third-order valence-corrected chi connectivity index (χ3v) is 7.37. The van der Waals surface area contributed by atoms with Crippen LogP contribution >= 0.6 is 0 Å². The van der Waals surface area contributed by atoms with E-state index in [2.05, 4.69) is 19.8 Å². The molecule has 0 atom stereocenters. The van der Waals surface area contributed by atoms with E-state index < -0.39 is 24.3 Å². The summed E-state index contributed by atoms with van der Waals surface area (Å²) in [6, 6.07) is 3.42. The number of hydrogen-bond acceptors (Lipinski definition) is 2. The Bertz CT molecular complexity index is 383. The Labute approximate surface area is 94.4 Å². The van der Waals surface area contributed by atoms with Crippen LogP contribution in [0.2, 0.25) is 14.8 Å². The molecule has 0 amide bonds. The summed E-state index contributed by atoms with van der Waals surface area (Å²) in [5.41, 5.74) is 1.26. The van der Waals surface area contributed by atoms with Gasteiger partial charge in [-0.15, -0.1) is 0 Å². The van der Waals surface area contributed by atoms with Crippen molar-refractivity contribution in [3.8, 4) is 0 Å². The number of aromatic carboxylic acids is 1. The first-order valence-electron chi connectivity index (χ1n) is 5.09. The molecule has 1 aromatic rings.